The van der Waals surface area contributed by atoms with Crippen molar-refractivity contribution >= 4 is 23.0 Å². The van der Waals surface area contributed by atoms with Crippen LogP contribution in [-0.2, 0) is 21.8 Å². The minimum Gasteiger partial charge on any atom is -0.491 e. The highest BCUT2D eigenvalue weighted by atomic mass is 35.5. The predicted molar refractivity (Wildman–Crippen MR) is 188 cm³/mol. The fourth-order valence-electron chi connectivity index (χ4n) is 6.31. The van der Waals surface area contributed by atoms with Gasteiger partial charge in [0.1, 0.15) is 31.3 Å². The largest absolute Gasteiger partial charge is 0.491 e. The van der Waals surface area contributed by atoms with Crippen LogP contribution in [0.4, 0.5) is 11.4 Å². The van der Waals surface area contributed by atoms with Gasteiger partial charge in [-0.05, 0) is 80.1 Å². The number of hydrogen-bond acceptors (Lipinski definition) is 10. The van der Waals surface area contributed by atoms with Gasteiger partial charge in [-0.25, -0.2) is 14.0 Å². The van der Waals surface area contributed by atoms with Gasteiger partial charge in [0.25, 0.3) is 0 Å². The van der Waals surface area contributed by atoms with Crippen molar-refractivity contribution in [3.05, 3.63) is 112 Å². The van der Waals surface area contributed by atoms with E-state index in [2.05, 4.69) is 55.4 Å². The summed E-state index contributed by atoms with van der Waals surface area (Å²) in [5.74, 6) is -0.553. The Hall–Kier alpha value is -5.16. The average molecular weight is 696 g/mol. The number of benzene rings is 3. The molecule has 2 fully saturated rings. The Kier molecular flexibility index (Phi) is 9.58. The Labute approximate surface area is 294 Å². The molecule has 0 N–H and O–H groups in total. The first-order valence-electron chi connectivity index (χ1n) is 16.7. The van der Waals surface area contributed by atoms with Gasteiger partial charge in [0.05, 0.1) is 42.4 Å². The number of piperazine rings is 1. The number of aromatic nitrogens is 6. The molecule has 2 aromatic heterocycles. The van der Waals surface area contributed by atoms with E-state index in [9.17, 15) is 10.1 Å². The number of ether oxygens (including phenoxy) is 3. The van der Waals surface area contributed by atoms with Crippen LogP contribution in [0.1, 0.15) is 37.4 Å². The molecule has 2 saturated heterocycles. The van der Waals surface area contributed by atoms with Crippen molar-refractivity contribution in [2.45, 2.75) is 44.7 Å². The van der Waals surface area contributed by atoms with Crippen LogP contribution >= 0.6 is 11.6 Å². The van der Waals surface area contributed by atoms with E-state index < -0.39 is 11.9 Å². The zero-order valence-corrected chi connectivity index (χ0v) is 28.7. The van der Waals surface area contributed by atoms with Gasteiger partial charge in [-0.15, -0.1) is 0 Å². The molecule has 0 bridgehead atoms. The molecule has 1 unspecified atom stereocenters. The van der Waals surface area contributed by atoms with Gasteiger partial charge in [-0.2, -0.15) is 25.4 Å². The normalized spacial score (nSPS) is 19.8. The van der Waals surface area contributed by atoms with E-state index >= 15 is 0 Å². The first-order chi connectivity index (χ1) is 24.4. The molecule has 0 radical (unpaired) electrons. The van der Waals surface area contributed by atoms with Gasteiger partial charge >= 0.3 is 5.69 Å². The highest BCUT2D eigenvalue weighted by molar-refractivity contribution is 6.31. The second-order valence-electron chi connectivity index (χ2n) is 12.5. The van der Waals surface area contributed by atoms with Crippen LogP contribution < -0.4 is 20.2 Å². The van der Waals surface area contributed by atoms with Gasteiger partial charge in [-0.3, -0.25) is 0 Å². The highest BCUT2D eigenvalue weighted by Gasteiger charge is 2.46. The molecule has 0 saturated carbocycles. The van der Waals surface area contributed by atoms with Crippen molar-refractivity contribution in [2.75, 3.05) is 49.2 Å². The fraction of sp³-hybridized carbons (Fsp3) is 0.361. The Bertz CT molecular complexity index is 2000. The molecule has 7 rings (SSSR count). The minimum atomic E-state index is -1.28. The quantitative estimate of drug-likeness (QED) is 0.190. The molecule has 50 heavy (non-hydrogen) atoms. The van der Waals surface area contributed by atoms with Crippen molar-refractivity contribution in [2.24, 2.45) is 0 Å². The molecule has 2 aliphatic heterocycles. The summed E-state index contributed by atoms with van der Waals surface area (Å²) in [5.41, 5.74) is 3.93. The summed E-state index contributed by atoms with van der Waals surface area (Å²) in [6.45, 7) is 8.22. The molecule has 5 aromatic rings. The van der Waals surface area contributed by atoms with Gasteiger partial charge in [-0.1, -0.05) is 18.5 Å². The van der Waals surface area contributed by atoms with E-state index in [1.54, 1.807) is 41.5 Å². The van der Waals surface area contributed by atoms with Crippen LogP contribution in [0.15, 0.2) is 90.2 Å². The van der Waals surface area contributed by atoms with Crippen molar-refractivity contribution < 1.29 is 14.2 Å². The zero-order valence-electron chi connectivity index (χ0n) is 27.9. The van der Waals surface area contributed by atoms with E-state index in [0.717, 1.165) is 55.4 Å². The molecule has 13 nitrogen and oxygen atoms in total. The number of hydrogen-bond donors (Lipinski definition) is 0. The highest BCUT2D eigenvalue weighted by Crippen LogP contribution is 2.40. The summed E-state index contributed by atoms with van der Waals surface area (Å²) in [6.07, 6.45) is 5.21. The summed E-state index contributed by atoms with van der Waals surface area (Å²) in [6, 6.07) is 23.4. The Morgan fingerprint density at radius 2 is 1.60 bits per heavy atom. The Morgan fingerprint density at radius 3 is 2.24 bits per heavy atom. The molecular weight excluding hydrogens is 658 g/mol. The Morgan fingerprint density at radius 1 is 0.960 bits per heavy atom. The molecule has 0 aliphatic carbocycles. The van der Waals surface area contributed by atoms with Gasteiger partial charge < -0.3 is 24.0 Å². The lowest BCUT2D eigenvalue weighted by molar-refractivity contribution is -0.192. The molecule has 0 spiro atoms. The first kappa shape index (κ1) is 33.3. The minimum absolute atomic E-state index is 0.0597. The second-order valence-corrected chi connectivity index (χ2v) is 12.9. The lowest BCUT2D eigenvalue weighted by Gasteiger charge is -2.37. The number of nitrogens with zero attached hydrogens (tertiary/aromatic N) is 9. The van der Waals surface area contributed by atoms with Crippen molar-refractivity contribution in [1.82, 2.24) is 29.3 Å². The van der Waals surface area contributed by atoms with Crippen LogP contribution in [0, 0.1) is 11.3 Å². The molecule has 14 heteroatoms. The molecule has 2 aliphatic rings. The molecule has 258 valence electrons. The number of rotatable bonds is 11. The molecule has 3 aromatic carbocycles. The van der Waals surface area contributed by atoms with Crippen LogP contribution in [0.2, 0.25) is 5.02 Å². The van der Waals surface area contributed by atoms with E-state index in [4.69, 9.17) is 25.8 Å². The zero-order chi connectivity index (χ0) is 34.7. The fourth-order valence-corrected chi connectivity index (χ4v) is 6.57. The monoisotopic (exact) mass is 695 g/mol. The van der Waals surface area contributed by atoms with Gasteiger partial charge in [0.15, 0.2) is 0 Å². The third kappa shape index (κ3) is 6.82. The number of halogens is 1. The molecule has 0 amide bonds. The third-order valence-electron chi connectivity index (χ3n) is 9.29. The summed E-state index contributed by atoms with van der Waals surface area (Å²) >= 11 is 6.58. The van der Waals surface area contributed by atoms with Crippen LogP contribution in [-0.4, -0.2) is 74.8 Å². The number of anilines is 2. The summed E-state index contributed by atoms with van der Waals surface area (Å²) in [7, 11) is 0. The topological polar surface area (TPSA) is 128 Å². The van der Waals surface area contributed by atoms with E-state index in [1.807, 2.05) is 38.1 Å². The van der Waals surface area contributed by atoms with Crippen molar-refractivity contribution in [3.8, 4) is 17.5 Å². The SMILES string of the molecule is CCC(C)n1ncn(-c2ccc(N3CCN(c4ccc(OC[C@@H]5CO[C@@](Cn6nccn6)(c6cc(C#N)ccc6Cl)O5)cc4)CC3)cc2)c1=O. The lowest BCUT2D eigenvalue weighted by atomic mass is 10.0. The lowest BCUT2D eigenvalue weighted by Crippen LogP contribution is -2.46. The van der Waals surface area contributed by atoms with E-state index in [1.165, 1.54) is 9.48 Å². The third-order valence-corrected chi connectivity index (χ3v) is 9.62. The van der Waals surface area contributed by atoms with Crippen molar-refractivity contribution in [1.29, 1.82) is 5.26 Å². The maximum atomic E-state index is 12.8. The van der Waals surface area contributed by atoms with E-state index in [0.29, 0.717) is 16.1 Å². The van der Waals surface area contributed by atoms with Gasteiger partial charge in [0, 0.05) is 48.1 Å². The average Bonchev–Trinajstić information content (AvgIpc) is 3.92. The Balaban J connectivity index is 0.933. The summed E-state index contributed by atoms with van der Waals surface area (Å²) < 4.78 is 22.0. The maximum Gasteiger partial charge on any atom is 0.350 e. The number of nitriles is 1. The summed E-state index contributed by atoms with van der Waals surface area (Å²) in [4.78, 5) is 19.0. The molecular formula is C36H38ClN9O4. The maximum absolute atomic E-state index is 12.8. The van der Waals surface area contributed by atoms with Crippen LogP contribution in [0.5, 0.6) is 5.75 Å². The van der Waals surface area contributed by atoms with Gasteiger partial charge in [0.2, 0.25) is 5.79 Å². The standard InChI is InChI=1S/C36H38ClN9O4/c1-3-26(2)46-35(47)44(25-41-46)30-7-5-28(6-8-30)42-16-18-43(19-17-42)29-9-11-31(12-10-29)48-22-32-23-49-36(50-32,24-45-39-14-15-40-45)33-20-27(21-38)4-13-34(33)37/h4-15,20,25-26,32H,3,16-19,22-24H2,1-2H3/t26?,32-,36-/m1/s1. The molecule has 4 heterocycles. The van der Waals surface area contributed by atoms with Crippen LogP contribution in [0.25, 0.3) is 5.69 Å². The first-order valence-corrected chi connectivity index (χ1v) is 17.1. The summed E-state index contributed by atoms with van der Waals surface area (Å²) in [5, 5.41) is 22.6. The smallest absolute Gasteiger partial charge is 0.350 e. The predicted octanol–water partition coefficient (Wildman–Crippen LogP) is 4.80. The van der Waals surface area contributed by atoms with E-state index in [-0.39, 0.29) is 31.5 Å². The second kappa shape index (κ2) is 14.4. The van der Waals surface area contributed by atoms with Crippen LogP contribution in [0.3, 0.4) is 0 Å². The van der Waals surface area contributed by atoms with Crippen molar-refractivity contribution in [3.63, 3.8) is 0 Å². The molecule has 3 atom stereocenters.